The molecule has 0 saturated heterocycles. The zero-order valence-electron chi connectivity index (χ0n) is 18.3. The molecule has 7 heteroatoms. The van der Waals surface area contributed by atoms with Gasteiger partial charge in [-0.15, -0.1) is 11.8 Å². The lowest BCUT2D eigenvalue weighted by Gasteiger charge is -2.28. The average Bonchev–Trinajstić information content (AvgIpc) is 2.84. The van der Waals surface area contributed by atoms with Crippen LogP contribution in [-0.4, -0.2) is 30.0 Å². The van der Waals surface area contributed by atoms with Crippen LogP contribution in [0.3, 0.4) is 0 Å². The summed E-state index contributed by atoms with van der Waals surface area (Å²) in [5.41, 5.74) is 2.67. The number of anilines is 2. The fourth-order valence-corrected chi connectivity index (χ4v) is 4.65. The number of rotatable bonds is 7. The first-order valence-electron chi connectivity index (χ1n) is 10.8. The van der Waals surface area contributed by atoms with Crippen LogP contribution >= 0.6 is 11.8 Å². The molecule has 0 bridgehead atoms. The number of carbonyl (C=O) groups is 3. The molecule has 0 aromatic heterocycles. The molecule has 0 radical (unpaired) electrons. The van der Waals surface area contributed by atoms with Crippen LogP contribution in [0.1, 0.15) is 35.3 Å². The second kappa shape index (κ2) is 10.4. The van der Waals surface area contributed by atoms with E-state index < -0.39 is 0 Å². The molecule has 1 unspecified atom stereocenters. The lowest BCUT2D eigenvalue weighted by atomic mass is 10.1. The predicted octanol–water partition coefficient (Wildman–Crippen LogP) is 4.65. The van der Waals surface area contributed by atoms with Crippen LogP contribution in [0.2, 0.25) is 0 Å². The maximum Gasteiger partial charge on any atom is 0.253 e. The number of fused-ring (bicyclic) bond motifs is 1. The van der Waals surface area contributed by atoms with Gasteiger partial charge < -0.3 is 15.5 Å². The van der Waals surface area contributed by atoms with Crippen molar-refractivity contribution >= 4 is 40.9 Å². The molecule has 0 aliphatic carbocycles. The minimum absolute atomic E-state index is 0.0128. The van der Waals surface area contributed by atoms with E-state index >= 15 is 0 Å². The Kier molecular flexibility index (Phi) is 7.10. The van der Waals surface area contributed by atoms with Crippen molar-refractivity contribution in [2.75, 3.05) is 22.5 Å². The van der Waals surface area contributed by atoms with Gasteiger partial charge in [-0.25, -0.2) is 0 Å². The Morgan fingerprint density at radius 3 is 2.48 bits per heavy atom. The number of benzene rings is 3. The third-order valence-electron chi connectivity index (χ3n) is 5.46. The predicted molar refractivity (Wildman–Crippen MR) is 132 cm³/mol. The molecule has 3 aromatic rings. The number of nitrogens with zero attached hydrogens (tertiary/aromatic N) is 1. The quantitative estimate of drug-likeness (QED) is 0.539. The minimum Gasteiger partial charge on any atom is -0.345 e. The normalized spacial score (nSPS) is 13.7. The molecule has 1 aliphatic heterocycles. The van der Waals surface area contributed by atoms with E-state index in [1.807, 2.05) is 61.5 Å². The first-order chi connectivity index (χ1) is 16.0. The molecule has 3 aromatic carbocycles. The van der Waals surface area contributed by atoms with E-state index in [-0.39, 0.29) is 36.7 Å². The van der Waals surface area contributed by atoms with Crippen molar-refractivity contribution in [1.82, 2.24) is 5.32 Å². The Balaban J connectivity index is 1.40. The lowest BCUT2D eigenvalue weighted by Crippen LogP contribution is -2.37. The summed E-state index contributed by atoms with van der Waals surface area (Å²) in [6, 6.07) is 24.1. The van der Waals surface area contributed by atoms with E-state index in [1.165, 1.54) is 11.8 Å². The molecule has 0 fully saturated rings. The highest BCUT2D eigenvalue weighted by Crippen LogP contribution is 2.34. The van der Waals surface area contributed by atoms with Gasteiger partial charge in [0.25, 0.3) is 5.91 Å². The van der Waals surface area contributed by atoms with Gasteiger partial charge in [-0.1, -0.05) is 54.6 Å². The van der Waals surface area contributed by atoms with Gasteiger partial charge in [0, 0.05) is 17.9 Å². The number of para-hydroxylation sites is 2. The summed E-state index contributed by atoms with van der Waals surface area (Å²) < 4.78 is 0. The Morgan fingerprint density at radius 1 is 0.970 bits per heavy atom. The number of amides is 3. The number of nitrogens with one attached hydrogen (secondary N) is 2. The van der Waals surface area contributed by atoms with Crippen LogP contribution in [-0.2, 0) is 9.59 Å². The van der Waals surface area contributed by atoms with Gasteiger partial charge in [0.1, 0.15) is 0 Å². The molecular formula is C26H25N3O3S. The second-order valence-corrected chi connectivity index (χ2v) is 8.77. The molecule has 6 nitrogen and oxygen atoms in total. The number of thioether (sulfide) groups is 1. The third-order valence-corrected chi connectivity index (χ3v) is 6.51. The SMILES string of the molecule is CC(NC(=O)c1ccccc1NC(=O)CCN1C(=O)CSc2ccccc21)c1ccccc1. The van der Waals surface area contributed by atoms with Gasteiger partial charge in [0.2, 0.25) is 11.8 Å². The lowest BCUT2D eigenvalue weighted by molar-refractivity contribution is -0.117. The summed E-state index contributed by atoms with van der Waals surface area (Å²) in [5.74, 6) is -0.170. The van der Waals surface area contributed by atoms with Crippen LogP contribution in [0.15, 0.2) is 83.8 Å². The van der Waals surface area contributed by atoms with Crippen molar-refractivity contribution in [3.63, 3.8) is 0 Å². The summed E-state index contributed by atoms with van der Waals surface area (Å²) in [5, 5.41) is 5.82. The summed E-state index contributed by atoms with van der Waals surface area (Å²) in [4.78, 5) is 40.7. The summed E-state index contributed by atoms with van der Waals surface area (Å²) >= 11 is 1.51. The molecule has 0 saturated carbocycles. The highest BCUT2D eigenvalue weighted by atomic mass is 32.2. The minimum atomic E-state index is -0.264. The Labute approximate surface area is 197 Å². The van der Waals surface area contributed by atoms with Crippen LogP contribution < -0.4 is 15.5 Å². The maximum absolute atomic E-state index is 12.9. The summed E-state index contributed by atoms with van der Waals surface area (Å²) in [6.07, 6.45) is 0.126. The van der Waals surface area contributed by atoms with E-state index in [9.17, 15) is 14.4 Å². The monoisotopic (exact) mass is 459 g/mol. The van der Waals surface area contributed by atoms with Crippen molar-refractivity contribution in [2.24, 2.45) is 0 Å². The van der Waals surface area contributed by atoms with Crippen LogP contribution in [0.5, 0.6) is 0 Å². The van der Waals surface area contributed by atoms with Crippen molar-refractivity contribution in [3.05, 3.63) is 90.0 Å². The molecule has 1 heterocycles. The highest BCUT2D eigenvalue weighted by Gasteiger charge is 2.25. The Hall–Kier alpha value is -3.58. The fourth-order valence-electron chi connectivity index (χ4n) is 3.71. The molecule has 0 spiro atoms. The molecule has 1 atom stereocenters. The smallest absolute Gasteiger partial charge is 0.253 e. The summed E-state index contributed by atoms with van der Waals surface area (Å²) in [7, 11) is 0. The standard InChI is InChI=1S/C26H25N3O3S/c1-18(19-9-3-2-4-10-19)27-26(32)20-11-5-6-12-21(20)28-24(30)15-16-29-22-13-7-8-14-23(22)33-17-25(29)31/h2-14,18H,15-17H2,1H3,(H,27,32)(H,28,30). The Morgan fingerprint density at radius 2 is 1.67 bits per heavy atom. The van der Waals surface area contributed by atoms with Crippen LogP contribution in [0.4, 0.5) is 11.4 Å². The van der Waals surface area contributed by atoms with Crippen LogP contribution in [0, 0.1) is 0 Å². The largest absolute Gasteiger partial charge is 0.345 e. The van der Waals surface area contributed by atoms with Gasteiger partial charge in [0.05, 0.1) is 28.7 Å². The van der Waals surface area contributed by atoms with Crippen molar-refractivity contribution in [1.29, 1.82) is 0 Å². The zero-order chi connectivity index (χ0) is 23.2. The van der Waals surface area contributed by atoms with Gasteiger partial charge in [-0.05, 0) is 36.8 Å². The molecule has 168 valence electrons. The Bertz CT molecular complexity index is 1170. The molecule has 33 heavy (non-hydrogen) atoms. The van der Waals surface area contributed by atoms with Crippen LogP contribution in [0.25, 0.3) is 0 Å². The second-order valence-electron chi connectivity index (χ2n) is 7.75. The van der Waals surface area contributed by atoms with E-state index in [4.69, 9.17) is 0 Å². The summed E-state index contributed by atoms with van der Waals surface area (Å²) in [6.45, 7) is 2.20. The van der Waals surface area contributed by atoms with Gasteiger partial charge in [-0.2, -0.15) is 0 Å². The average molecular weight is 460 g/mol. The first-order valence-corrected chi connectivity index (χ1v) is 11.8. The highest BCUT2D eigenvalue weighted by molar-refractivity contribution is 8.00. The third kappa shape index (κ3) is 5.43. The molecule has 2 N–H and O–H groups in total. The topological polar surface area (TPSA) is 78.5 Å². The zero-order valence-corrected chi connectivity index (χ0v) is 19.1. The molecule has 1 aliphatic rings. The van der Waals surface area contributed by atoms with Crippen molar-refractivity contribution < 1.29 is 14.4 Å². The number of hydrogen-bond donors (Lipinski definition) is 2. The number of carbonyl (C=O) groups excluding carboxylic acids is 3. The van der Waals surface area contributed by atoms with Gasteiger partial charge in [-0.3, -0.25) is 14.4 Å². The van der Waals surface area contributed by atoms with Crippen molar-refractivity contribution in [3.8, 4) is 0 Å². The number of hydrogen-bond acceptors (Lipinski definition) is 4. The van der Waals surface area contributed by atoms with E-state index in [2.05, 4.69) is 10.6 Å². The van der Waals surface area contributed by atoms with E-state index in [0.29, 0.717) is 17.0 Å². The fraction of sp³-hybridized carbons (Fsp3) is 0.192. The molecule has 4 rings (SSSR count). The van der Waals surface area contributed by atoms with Gasteiger partial charge >= 0.3 is 0 Å². The van der Waals surface area contributed by atoms with E-state index in [0.717, 1.165) is 16.1 Å². The maximum atomic E-state index is 12.9. The van der Waals surface area contributed by atoms with E-state index in [1.54, 1.807) is 29.2 Å². The molecular weight excluding hydrogens is 434 g/mol. The van der Waals surface area contributed by atoms with Gasteiger partial charge in [0.15, 0.2) is 0 Å². The van der Waals surface area contributed by atoms with Crippen molar-refractivity contribution in [2.45, 2.75) is 24.3 Å². The first kappa shape index (κ1) is 22.6. The molecule has 3 amide bonds.